The van der Waals surface area contributed by atoms with E-state index in [4.69, 9.17) is 11.6 Å². The number of nitrogens with one attached hydrogen (secondary N) is 1. The Balaban J connectivity index is 2.37. The third kappa shape index (κ3) is 3.68. The Morgan fingerprint density at radius 3 is 2.21 bits per heavy atom. The molecule has 0 radical (unpaired) electrons. The Morgan fingerprint density at radius 2 is 1.72 bits per heavy atom. The minimum absolute atomic E-state index is 0.0545. The zero-order valence-corrected chi connectivity index (χ0v) is 15.4. The summed E-state index contributed by atoms with van der Waals surface area (Å²) in [6.45, 7) is 1.31. The fraction of sp³-hybridized carbons (Fsp3) is 0.105. The molecule has 6 nitrogen and oxygen atoms in total. The quantitative estimate of drug-likeness (QED) is 0.559. The number of aliphatic carboxylic acids is 1. The van der Waals surface area contributed by atoms with Gasteiger partial charge in [0.15, 0.2) is 0 Å². The summed E-state index contributed by atoms with van der Waals surface area (Å²) in [5.41, 5.74) is -2.49. The summed E-state index contributed by atoms with van der Waals surface area (Å²) < 4.78 is 42.0. The average Bonchev–Trinajstić information content (AvgIpc) is 2.60. The summed E-state index contributed by atoms with van der Waals surface area (Å²) in [5, 5.41) is 24.3. The van der Waals surface area contributed by atoms with E-state index >= 15 is 0 Å². The highest BCUT2D eigenvalue weighted by Gasteiger charge is 2.43. The second kappa shape index (κ2) is 7.59. The highest BCUT2D eigenvalue weighted by molar-refractivity contribution is 6.30. The number of nitro groups is 1. The van der Waals surface area contributed by atoms with E-state index in [1.807, 2.05) is 0 Å². The molecule has 2 aromatic rings. The number of carbonyl (C=O) groups is 1. The van der Waals surface area contributed by atoms with Crippen LogP contribution in [0, 0.1) is 27.6 Å². The van der Waals surface area contributed by atoms with Crippen molar-refractivity contribution in [3.8, 4) is 0 Å². The molecule has 0 aliphatic carbocycles. The van der Waals surface area contributed by atoms with E-state index in [0.717, 1.165) is 0 Å². The number of rotatable bonds is 4. The van der Waals surface area contributed by atoms with Gasteiger partial charge < -0.3 is 10.4 Å². The van der Waals surface area contributed by atoms with Crippen molar-refractivity contribution in [2.24, 2.45) is 0 Å². The predicted molar refractivity (Wildman–Crippen MR) is 97.9 cm³/mol. The lowest BCUT2D eigenvalue weighted by molar-refractivity contribution is -0.428. The Bertz CT molecular complexity index is 1070. The number of halogens is 4. The van der Waals surface area contributed by atoms with Gasteiger partial charge in [0, 0.05) is 22.9 Å². The van der Waals surface area contributed by atoms with Crippen molar-refractivity contribution in [3.05, 3.63) is 97.1 Å². The topological polar surface area (TPSA) is 92.5 Å². The van der Waals surface area contributed by atoms with Crippen LogP contribution in [-0.4, -0.2) is 16.0 Å². The summed E-state index contributed by atoms with van der Waals surface area (Å²) in [7, 11) is 0. The molecule has 1 atom stereocenters. The smallest absolute Gasteiger partial charge is 0.334 e. The van der Waals surface area contributed by atoms with Gasteiger partial charge in [-0.25, -0.2) is 18.0 Å². The van der Waals surface area contributed by atoms with Crippen LogP contribution in [0.1, 0.15) is 24.0 Å². The number of allylic oxidation sites excluding steroid dienone is 2. The van der Waals surface area contributed by atoms with Gasteiger partial charge in [-0.1, -0.05) is 23.7 Å². The second-order valence-electron chi connectivity index (χ2n) is 6.22. The normalized spacial score (nSPS) is 16.7. The zero-order chi connectivity index (χ0) is 21.5. The van der Waals surface area contributed by atoms with Crippen molar-refractivity contribution in [2.45, 2.75) is 12.8 Å². The van der Waals surface area contributed by atoms with Gasteiger partial charge in [-0.2, -0.15) is 0 Å². The first-order valence-electron chi connectivity index (χ1n) is 8.11. The molecule has 2 N–H and O–H groups in total. The van der Waals surface area contributed by atoms with E-state index in [2.05, 4.69) is 5.32 Å². The maximum atomic E-state index is 14.4. The standard InChI is InChI=1S/C19H12ClF3N2O4/c1-8-14(19(26)27)15(9-2-4-10(20)5-3-9)18(25(28)29)17(24-8)16-12(22)6-11(21)7-13(16)23/h2-7,15,24H,1H3,(H,26,27). The molecular formula is C19H12ClF3N2O4. The fourth-order valence-electron chi connectivity index (χ4n) is 3.25. The molecule has 2 aromatic carbocycles. The molecule has 1 heterocycles. The second-order valence-corrected chi connectivity index (χ2v) is 6.65. The third-order valence-corrected chi connectivity index (χ3v) is 4.67. The number of hydrogen-bond acceptors (Lipinski definition) is 4. The molecule has 0 bridgehead atoms. The van der Waals surface area contributed by atoms with Gasteiger partial charge in [-0.05, 0) is 24.6 Å². The van der Waals surface area contributed by atoms with Crippen molar-refractivity contribution >= 4 is 23.3 Å². The van der Waals surface area contributed by atoms with Crippen LogP contribution >= 0.6 is 11.6 Å². The summed E-state index contributed by atoms with van der Waals surface area (Å²) in [4.78, 5) is 22.8. The van der Waals surface area contributed by atoms with Crippen molar-refractivity contribution in [2.75, 3.05) is 0 Å². The van der Waals surface area contributed by atoms with Crippen molar-refractivity contribution in [3.63, 3.8) is 0 Å². The molecule has 3 rings (SSSR count). The van der Waals surface area contributed by atoms with Crippen LogP contribution in [-0.2, 0) is 4.79 Å². The van der Waals surface area contributed by atoms with Crippen LogP contribution < -0.4 is 5.32 Å². The molecule has 0 fully saturated rings. The van der Waals surface area contributed by atoms with Gasteiger partial charge in [-0.3, -0.25) is 10.1 Å². The van der Waals surface area contributed by atoms with Gasteiger partial charge >= 0.3 is 5.97 Å². The summed E-state index contributed by atoms with van der Waals surface area (Å²) in [5.74, 6) is -6.85. The molecule has 0 saturated heterocycles. The number of benzene rings is 2. The number of hydrogen-bond donors (Lipinski definition) is 2. The molecule has 1 aliphatic rings. The highest BCUT2D eigenvalue weighted by atomic mass is 35.5. The van der Waals surface area contributed by atoms with Gasteiger partial charge in [0.25, 0.3) is 5.70 Å². The first-order valence-corrected chi connectivity index (χ1v) is 8.49. The Hall–Kier alpha value is -3.33. The minimum Gasteiger partial charge on any atom is -0.478 e. The first-order chi connectivity index (χ1) is 13.6. The average molecular weight is 425 g/mol. The van der Waals surface area contributed by atoms with E-state index < -0.39 is 51.2 Å². The molecule has 150 valence electrons. The number of carboxylic acid groups (broad SMARTS) is 1. The van der Waals surface area contributed by atoms with E-state index in [0.29, 0.717) is 17.2 Å². The molecule has 1 aliphatic heterocycles. The Morgan fingerprint density at radius 1 is 1.17 bits per heavy atom. The maximum Gasteiger partial charge on any atom is 0.334 e. The van der Waals surface area contributed by atoms with Gasteiger partial charge in [0.2, 0.25) is 0 Å². The molecule has 0 amide bonds. The van der Waals surface area contributed by atoms with Crippen LogP contribution in [0.25, 0.3) is 5.70 Å². The molecule has 0 aromatic heterocycles. The SMILES string of the molecule is CC1=C(C(=O)O)C(c2ccc(Cl)cc2)C([N+](=O)[O-])=C(c2c(F)cc(F)cc2F)N1. The van der Waals surface area contributed by atoms with E-state index in [9.17, 15) is 33.2 Å². The van der Waals surface area contributed by atoms with Gasteiger partial charge in [-0.15, -0.1) is 0 Å². The van der Waals surface area contributed by atoms with Crippen LogP contribution in [0.2, 0.25) is 5.02 Å². The zero-order valence-electron chi connectivity index (χ0n) is 14.7. The summed E-state index contributed by atoms with van der Waals surface area (Å²) in [6.07, 6.45) is 0. The lowest BCUT2D eigenvalue weighted by atomic mass is 9.83. The monoisotopic (exact) mass is 424 g/mol. The predicted octanol–water partition coefficient (Wildman–Crippen LogP) is 4.45. The number of nitrogens with zero attached hydrogens (tertiary/aromatic N) is 1. The van der Waals surface area contributed by atoms with Crippen molar-refractivity contribution in [1.82, 2.24) is 5.32 Å². The van der Waals surface area contributed by atoms with E-state index in [1.54, 1.807) is 0 Å². The molecule has 0 spiro atoms. The lowest BCUT2D eigenvalue weighted by Crippen LogP contribution is -2.31. The van der Waals surface area contributed by atoms with Gasteiger partial charge in [0.1, 0.15) is 29.1 Å². The molecule has 1 unspecified atom stereocenters. The first kappa shape index (κ1) is 20.4. The number of dihydropyridines is 1. The minimum atomic E-state index is -1.46. The van der Waals surface area contributed by atoms with Crippen LogP contribution in [0.3, 0.4) is 0 Å². The summed E-state index contributed by atoms with van der Waals surface area (Å²) in [6, 6.07) is 6.34. The van der Waals surface area contributed by atoms with E-state index in [-0.39, 0.29) is 16.8 Å². The fourth-order valence-corrected chi connectivity index (χ4v) is 3.37. The Labute approximate surface area is 167 Å². The van der Waals surface area contributed by atoms with Crippen LogP contribution in [0.4, 0.5) is 13.2 Å². The highest BCUT2D eigenvalue weighted by Crippen LogP contribution is 2.42. The molecular weight excluding hydrogens is 413 g/mol. The lowest BCUT2D eigenvalue weighted by Gasteiger charge is -2.27. The Kier molecular flexibility index (Phi) is 5.34. The van der Waals surface area contributed by atoms with Crippen molar-refractivity contribution < 1.29 is 28.0 Å². The molecule has 0 saturated carbocycles. The molecule has 29 heavy (non-hydrogen) atoms. The summed E-state index contributed by atoms with van der Waals surface area (Å²) >= 11 is 5.84. The maximum absolute atomic E-state index is 14.4. The van der Waals surface area contributed by atoms with Gasteiger partial charge in [0.05, 0.1) is 16.1 Å². The van der Waals surface area contributed by atoms with Crippen molar-refractivity contribution in [1.29, 1.82) is 0 Å². The van der Waals surface area contributed by atoms with Crippen LogP contribution in [0.5, 0.6) is 0 Å². The third-order valence-electron chi connectivity index (χ3n) is 4.42. The largest absolute Gasteiger partial charge is 0.478 e. The van der Waals surface area contributed by atoms with E-state index in [1.165, 1.54) is 31.2 Å². The molecule has 10 heteroatoms. The van der Waals surface area contributed by atoms with Crippen LogP contribution in [0.15, 0.2) is 53.4 Å². The number of carboxylic acids is 1.